The summed E-state index contributed by atoms with van der Waals surface area (Å²) in [7, 11) is 0. The van der Waals surface area contributed by atoms with Crippen LogP contribution < -0.4 is 11.1 Å². The van der Waals surface area contributed by atoms with Crippen LogP contribution in [-0.2, 0) is 6.18 Å². The van der Waals surface area contributed by atoms with Crippen molar-refractivity contribution in [2.45, 2.75) is 25.1 Å². The molecule has 1 heterocycles. The largest absolute Gasteiger partial charge is 0.416 e. The first kappa shape index (κ1) is 14.6. The van der Waals surface area contributed by atoms with Gasteiger partial charge in [0.1, 0.15) is 0 Å². The minimum Gasteiger partial charge on any atom is -0.322 e. The first-order valence-electron chi connectivity index (χ1n) is 6.25. The summed E-state index contributed by atoms with van der Waals surface area (Å²) in [6.45, 7) is 2.86. The predicted molar refractivity (Wildman–Crippen MR) is 69.2 cm³/mol. The van der Waals surface area contributed by atoms with Crippen LogP contribution in [0.5, 0.6) is 0 Å². The molecule has 0 aliphatic carbocycles. The Bertz CT molecular complexity index is 493. The fraction of sp³-hybridized carbons (Fsp3) is 0.462. The van der Waals surface area contributed by atoms with Crippen molar-refractivity contribution in [3.05, 3.63) is 29.8 Å². The lowest BCUT2D eigenvalue weighted by Gasteiger charge is -2.47. The molecule has 1 aliphatic rings. The van der Waals surface area contributed by atoms with E-state index in [-0.39, 0.29) is 11.6 Å². The number of benzene rings is 1. The molecule has 7 heteroatoms. The Morgan fingerprint density at radius 2 is 1.90 bits per heavy atom. The highest BCUT2D eigenvalue weighted by molar-refractivity contribution is 5.90. The molecule has 0 spiro atoms. The SMILES string of the molecule is CCC1(N)CN(C(=O)Nc2ccc(C(F)(F)F)cc2)C1. The Morgan fingerprint density at radius 3 is 2.35 bits per heavy atom. The molecular weight excluding hydrogens is 271 g/mol. The van der Waals surface area contributed by atoms with Crippen LogP contribution in [0.1, 0.15) is 18.9 Å². The molecule has 0 saturated carbocycles. The van der Waals surface area contributed by atoms with Gasteiger partial charge in [-0.2, -0.15) is 13.2 Å². The summed E-state index contributed by atoms with van der Waals surface area (Å²) in [5.74, 6) is 0. The highest BCUT2D eigenvalue weighted by Crippen LogP contribution is 2.30. The number of rotatable bonds is 2. The molecule has 1 aliphatic heterocycles. The Balaban J connectivity index is 1.93. The molecule has 1 aromatic carbocycles. The van der Waals surface area contributed by atoms with Crippen molar-refractivity contribution in [2.24, 2.45) is 5.73 Å². The van der Waals surface area contributed by atoms with E-state index in [4.69, 9.17) is 5.73 Å². The number of alkyl halides is 3. The van der Waals surface area contributed by atoms with Crippen LogP contribution >= 0.6 is 0 Å². The lowest BCUT2D eigenvalue weighted by atomic mass is 9.89. The molecule has 3 N–H and O–H groups in total. The second kappa shape index (κ2) is 4.97. The standard InChI is InChI=1S/C13H16F3N3O/c1-2-12(17)7-19(8-12)11(20)18-10-5-3-9(4-6-10)13(14,15)16/h3-6H,2,7-8,17H2,1H3,(H,18,20). The van der Waals surface area contributed by atoms with Crippen LogP contribution in [0.25, 0.3) is 0 Å². The monoisotopic (exact) mass is 287 g/mol. The van der Waals surface area contributed by atoms with E-state index in [2.05, 4.69) is 5.32 Å². The zero-order chi connectivity index (χ0) is 15.0. The predicted octanol–water partition coefficient (Wildman–Crippen LogP) is 2.66. The number of urea groups is 1. The minimum atomic E-state index is -4.37. The number of nitrogens with two attached hydrogens (primary N) is 1. The zero-order valence-electron chi connectivity index (χ0n) is 11.0. The molecule has 1 fully saturated rings. The van der Waals surface area contributed by atoms with Gasteiger partial charge in [-0.25, -0.2) is 4.79 Å². The number of hydrogen-bond acceptors (Lipinski definition) is 2. The van der Waals surface area contributed by atoms with E-state index < -0.39 is 11.7 Å². The second-order valence-electron chi connectivity index (χ2n) is 5.08. The van der Waals surface area contributed by atoms with Crippen molar-refractivity contribution < 1.29 is 18.0 Å². The van der Waals surface area contributed by atoms with Crippen LogP contribution in [-0.4, -0.2) is 29.6 Å². The van der Waals surface area contributed by atoms with E-state index in [9.17, 15) is 18.0 Å². The van der Waals surface area contributed by atoms with E-state index in [1.54, 1.807) is 0 Å². The van der Waals surface area contributed by atoms with Gasteiger partial charge in [-0.1, -0.05) is 6.92 Å². The third kappa shape index (κ3) is 3.04. The van der Waals surface area contributed by atoms with E-state index in [0.29, 0.717) is 18.8 Å². The van der Waals surface area contributed by atoms with Gasteiger partial charge in [0.05, 0.1) is 11.1 Å². The van der Waals surface area contributed by atoms with Gasteiger partial charge >= 0.3 is 12.2 Å². The maximum Gasteiger partial charge on any atom is 0.416 e. The lowest BCUT2D eigenvalue weighted by molar-refractivity contribution is -0.137. The second-order valence-corrected chi connectivity index (χ2v) is 5.08. The number of carbonyl (C=O) groups is 1. The van der Waals surface area contributed by atoms with E-state index in [1.165, 1.54) is 17.0 Å². The highest BCUT2D eigenvalue weighted by Gasteiger charge is 2.40. The van der Waals surface area contributed by atoms with Crippen molar-refractivity contribution in [1.29, 1.82) is 0 Å². The van der Waals surface area contributed by atoms with Gasteiger partial charge in [-0.15, -0.1) is 0 Å². The molecule has 0 radical (unpaired) electrons. The number of hydrogen-bond donors (Lipinski definition) is 2. The molecule has 110 valence electrons. The van der Waals surface area contributed by atoms with Crippen molar-refractivity contribution in [3.8, 4) is 0 Å². The fourth-order valence-corrected chi connectivity index (χ4v) is 2.03. The molecule has 2 rings (SSSR count). The quantitative estimate of drug-likeness (QED) is 0.878. The average Bonchev–Trinajstić information content (AvgIpc) is 2.34. The van der Waals surface area contributed by atoms with Gasteiger partial charge in [-0.3, -0.25) is 0 Å². The molecular formula is C13H16F3N3O. The van der Waals surface area contributed by atoms with Crippen LogP contribution in [0, 0.1) is 0 Å². The van der Waals surface area contributed by atoms with Gasteiger partial charge in [0.15, 0.2) is 0 Å². The van der Waals surface area contributed by atoms with Crippen molar-refractivity contribution in [1.82, 2.24) is 4.90 Å². The number of nitrogens with one attached hydrogen (secondary N) is 1. The Morgan fingerprint density at radius 1 is 1.35 bits per heavy atom. The summed E-state index contributed by atoms with van der Waals surface area (Å²) in [4.78, 5) is 13.3. The van der Waals surface area contributed by atoms with Gasteiger partial charge in [0.2, 0.25) is 0 Å². The number of amides is 2. The average molecular weight is 287 g/mol. The van der Waals surface area contributed by atoms with Crippen LogP contribution in [0.2, 0.25) is 0 Å². The zero-order valence-corrected chi connectivity index (χ0v) is 11.0. The first-order valence-corrected chi connectivity index (χ1v) is 6.25. The summed E-state index contributed by atoms with van der Waals surface area (Å²) in [6.07, 6.45) is -3.60. The number of nitrogens with zero attached hydrogens (tertiary/aromatic N) is 1. The number of halogens is 3. The fourth-order valence-electron chi connectivity index (χ4n) is 2.03. The molecule has 0 atom stereocenters. The molecule has 2 amide bonds. The maximum atomic E-state index is 12.4. The van der Waals surface area contributed by atoms with Crippen molar-refractivity contribution >= 4 is 11.7 Å². The molecule has 1 aromatic rings. The normalized spacial score (nSPS) is 17.6. The summed E-state index contributed by atoms with van der Waals surface area (Å²) >= 11 is 0. The first-order chi connectivity index (χ1) is 9.23. The van der Waals surface area contributed by atoms with Crippen LogP contribution in [0.4, 0.5) is 23.7 Å². The molecule has 0 bridgehead atoms. The number of likely N-dealkylation sites (tertiary alicyclic amines) is 1. The number of anilines is 1. The maximum absolute atomic E-state index is 12.4. The lowest BCUT2D eigenvalue weighted by Crippen LogP contribution is -2.68. The van der Waals surface area contributed by atoms with E-state index in [1.807, 2.05) is 6.92 Å². The van der Waals surface area contributed by atoms with Crippen molar-refractivity contribution in [3.63, 3.8) is 0 Å². The summed E-state index contributed by atoms with van der Waals surface area (Å²) in [5.41, 5.74) is 5.19. The van der Waals surface area contributed by atoms with Gasteiger partial charge < -0.3 is 16.0 Å². The van der Waals surface area contributed by atoms with Gasteiger partial charge in [-0.05, 0) is 30.7 Å². The Labute approximate surface area is 114 Å². The summed E-state index contributed by atoms with van der Waals surface area (Å²) < 4.78 is 37.2. The molecule has 1 saturated heterocycles. The summed E-state index contributed by atoms with van der Waals surface area (Å²) in [5, 5.41) is 2.55. The third-order valence-electron chi connectivity index (χ3n) is 3.47. The van der Waals surface area contributed by atoms with E-state index >= 15 is 0 Å². The highest BCUT2D eigenvalue weighted by atomic mass is 19.4. The minimum absolute atomic E-state index is 0.328. The smallest absolute Gasteiger partial charge is 0.322 e. The third-order valence-corrected chi connectivity index (χ3v) is 3.47. The number of carbonyl (C=O) groups excluding carboxylic acids is 1. The molecule has 4 nitrogen and oxygen atoms in total. The van der Waals surface area contributed by atoms with Crippen molar-refractivity contribution in [2.75, 3.05) is 18.4 Å². The van der Waals surface area contributed by atoms with Crippen LogP contribution in [0.15, 0.2) is 24.3 Å². The topological polar surface area (TPSA) is 58.4 Å². The van der Waals surface area contributed by atoms with Gasteiger partial charge in [0.25, 0.3) is 0 Å². The molecule has 20 heavy (non-hydrogen) atoms. The van der Waals surface area contributed by atoms with Gasteiger partial charge in [0, 0.05) is 18.8 Å². The Hall–Kier alpha value is -1.76. The van der Waals surface area contributed by atoms with Crippen LogP contribution in [0.3, 0.4) is 0 Å². The molecule has 0 unspecified atom stereocenters. The van der Waals surface area contributed by atoms with E-state index in [0.717, 1.165) is 18.6 Å². The Kier molecular flexibility index (Phi) is 3.64. The summed E-state index contributed by atoms with van der Waals surface area (Å²) in [6, 6.07) is 3.99. The molecule has 0 aromatic heterocycles.